The molecule has 2 amide bonds. The molecule has 0 unspecified atom stereocenters. The second-order valence-electron chi connectivity index (χ2n) is 5.48. The monoisotopic (exact) mass is 285 g/mol. The fourth-order valence-corrected chi connectivity index (χ4v) is 1.69. The first-order valence-electron chi connectivity index (χ1n) is 6.78. The molecule has 7 nitrogen and oxygen atoms in total. The molecule has 0 aromatic carbocycles. The molecule has 1 saturated carbocycles. The van der Waals surface area contributed by atoms with Gasteiger partial charge in [0.25, 0.3) is 0 Å². The first-order chi connectivity index (χ1) is 9.29. The molecule has 1 aliphatic rings. The lowest BCUT2D eigenvalue weighted by molar-refractivity contribution is -0.141. The van der Waals surface area contributed by atoms with Crippen LogP contribution in [0.5, 0.6) is 0 Å². The number of likely N-dealkylation sites (N-methyl/N-ethyl adjacent to an activating group) is 1. The third-order valence-electron chi connectivity index (χ3n) is 3.16. The zero-order valence-corrected chi connectivity index (χ0v) is 12.3. The molecule has 0 aliphatic heterocycles. The number of nitrogens with one attached hydrogen (secondary N) is 1. The van der Waals surface area contributed by atoms with Crippen molar-refractivity contribution in [2.24, 2.45) is 0 Å². The van der Waals surface area contributed by atoms with E-state index in [2.05, 4.69) is 5.32 Å². The van der Waals surface area contributed by atoms with E-state index in [0.717, 1.165) is 12.8 Å². The Labute approximate surface area is 118 Å². The van der Waals surface area contributed by atoms with Gasteiger partial charge in [-0.25, -0.2) is 0 Å². The predicted molar refractivity (Wildman–Crippen MR) is 73.1 cm³/mol. The molecule has 0 saturated heterocycles. The van der Waals surface area contributed by atoms with Gasteiger partial charge in [-0.05, 0) is 26.7 Å². The summed E-state index contributed by atoms with van der Waals surface area (Å²) in [5.74, 6) is -1.40. The van der Waals surface area contributed by atoms with Crippen LogP contribution in [0.1, 0.15) is 26.7 Å². The first kappa shape index (κ1) is 16.4. The molecule has 0 aromatic heterocycles. The Morgan fingerprint density at radius 3 is 2.25 bits per heavy atom. The first-order valence-corrected chi connectivity index (χ1v) is 6.78. The van der Waals surface area contributed by atoms with Gasteiger partial charge in [-0.2, -0.15) is 0 Å². The largest absolute Gasteiger partial charge is 0.480 e. The van der Waals surface area contributed by atoms with Crippen molar-refractivity contribution < 1.29 is 19.5 Å². The minimum atomic E-state index is -0.972. The molecule has 0 aromatic rings. The Balaban J connectivity index is 2.41. The smallest absolute Gasteiger partial charge is 0.317 e. The number of hydrogen-bond donors (Lipinski definition) is 2. The number of amides is 2. The summed E-state index contributed by atoms with van der Waals surface area (Å²) in [6, 6.07) is 0.217. The van der Waals surface area contributed by atoms with E-state index in [1.54, 1.807) is 11.9 Å². The molecule has 0 heterocycles. The second-order valence-corrected chi connectivity index (χ2v) is 5.48. The van der Waals surface area contributed by atoms with Crippen molar-refractivity contribution in [3.63, 3.8) is 0 Å². The third-order valence-corrected chi connectivity index (χ3v) is 3.16. The van der Waals surface area contributed by atoms with E-state index in [4.69, 9.17) is 5.11 Å². The number of carboxylic acid groups (broad SMARTS) is 1. The van der Waals surface area contributed by atoms with Crippen molar-refractivity contribution in [3.05, 3.63) is 0 Å². The maximum Gasteiger partial charge on any atom is 0.317 e. The van der Waals surface area contributed by atoms with Gasteiger partial charge in [-0.3, -0.25) is 19.3 Å². The average molecular weight is 285 g/mol. The highest BCUT2D eigenvalue weighted by molar-refractivity contribution is 5.86. The summed E-state index contributed by atoms with van der Waals surface area (Å²) in [4.78, 5) is 37.2. The van der Waals surface area contributed by atoms with Gasteiger partial charge in [-0.15, -0.1) is 0 Å². The minimum Gasteiger partial charge on any atom is -0.480 e. The van der Waals surface area contributed by atoms with Crippen molar-refractivity contribution >= 4 is 17.8 Å². The van der Waals surface area contributed by atoms with Gasteiger partial charge in [0.1, 0.15) is 0 Å². The Kier molecular flexibility index (Phi) is 5.94. The zero-order chi connectivity index (χ0) is 15.3. The lowest BCUT2D eigenvalue weighted by Gasteiger charge is -2.26. The van der Waals surface area contributed by atoms with E-state index in [-0.39, 0.29) is 43.5 Å². The lowest BCUT2D eigenvalue weighted by atomic mass is 10.3. The van der Waals surface area contributed by atoms with Gasteiger partial charge in [0, 0.05) is 19.1 Å². The molecule has 1 rings (SSSR count). The summed E-state index contributed by atoms with van der Waals surface area (Å²) < 4.78 is 0. The van der Waals surface area contributed by atoms with E-state index < -0.39 is 5.97 Å². The van der Waals surface area contributed by atoms with E-state index in [9.17, 15) is 14.4 Å². The van der Waals surface area contributed by atoms with Gasteiger partial charge in [0.05, 0.1) is 19.6 Å². The molecule has 1 aliphatic carbocycles. The van der Waals surface area contributed by atoms with E-state index >= 15 is 0 Å². The van der Waals surface area contributed by atoms with Crippen LogP contribution >= 0.6 is 0 Å². The number of rotatable bonds is 8. The van der Waals surface area contributed by atoms with E-state index in [0.29, 0.717) is 0 Å². The summed E-state index contributed by atoms with van der Waals surface area (Å²) >= 11 is 0. The van der Waals surface area contributed by atoms with Gasteiger partial charge in [0.15, 0.2) is 0 Å². The molecular formula is C13H23N3O4. The SMILES string of the molecule is CC(C)N(CC(=O)O)CC(=O)N(C)CC(=O)NC1CC1. The topological polar surface area (TPSA) is 90.0 Å². The van der Waals surface area contributed by atoms with Crippen LogP contribution in [0.25, 0.3) is 0 Å². The maximum atomic E-state index is 12.0. The highest BCUT2D eigenvalue weighted by Crippen LogP contribution is 2.18. The molecule has 7 heteroatoms. The van der Waals surface area contributed by atoms with E-state index in [1.165, 1.54) is 4.90 Å². The highest BCUT2D eigenvalue weighted by Gasteiger charge is 2.25. The predicted octanol–water partition coefficient (Wildman–Crippen LogP) is -0.482. The second kappa shape index (κ2) is 7.23. The number of carboxylic acids is 1. The number of aliphatic carboxylic acids is 1. The van der Waals surface area contributed by atoms with Crippen molar-refractivity contribution in [3.8, 4) is 0 Å². The molecule has 0 spiro atoms. The molecular weight excluding hydrogens is 262 g/mol. The number of hydrogen-bond acceptors (Lipinski definition) is 4. The fraction of sp³-hybridized carbons (Fsp3) is 0.769. The van der Waals surface area contributed by atoms with Crippen LogP contribution < -0.4 is 5.32 Å². The van der Waals surface area contributed by atoms with Crippen LogP contribution in [0.3, 0.4) is 0 Å². The van der Waals surface area contributed by atoms with Gasteiger partial charge >= 0.3 is 5.97 Å². The lowest BCUT2D eigenvalue weighted by Crippen LogP contribution is -2.46. The summed E-state index contributed by atoms with van der Waals surface area (Å²) in [5.41, 5.74) is 0. The summed E-state index contributed by atoms with van der Waals surface area (Å²) in [7, 11) is 1.55. The molecule has 0 bridgehead atoms. The van der Waals surface area contributed by atoms with Gasteiger partial charge in [0.2, 0.25) is 11.8 Å². The fourth-order valence-electron chi connectivity index (χ4n) is 1.69. The molecule has 1 fully saturated rings. The Bertz CT molecular complexity index is 380. The summed E-state index contributed by atoms with van der Waals surface area (Å²) in [6.45, 7) is 3.48. The zero-order valence-electron chi connectivity index (χ0n) is 12.3. The number of carbonyl (C=O) groups is 3. The van der Waals surface area contributed by atoms with Crippen LogP contribution in [0.15, 0.2) is 0 Å². The standard InChI is InChI=1S/C13H23N3O4/c1-9(2)16(8-13(19)20)7-12(18)15(3)6-11(17)14-10-4-5-10/h9-10H,4-8H2,1-3H3,(H,14,17)(H,19,20). The maximum absolute atomic E-state index is 12.0. The average Bonchev–Trinajstić information content (AvgIpc) is 3.10. The Hall–Kier alpha value is -1.63. The molecule has 20 heavy (non-hydrogen) atoms. The van der Waals surface area contributed by atoms with Crippen LogP contribution in [0, 0.1) is 0 Å². The number of nitrogens with zero attached hydrogens (tertiary/aromatic N) is 2. The Morgan fingerprint density at radius 2 is 1.80 bits per heavy atom. The Morgan fingerprint density at radius 1 is 1.20 bits per heavy atom. The summed E-state index contributed by atoms with van der Waals surface area (Å²) in [5, 5.41) is 11.6. The minimum absolute atomic E-state index is 0.00280. The van der Waals surface area contributed by atoms with Crippen molar-refractivity contribution in [2.75, 3.05) is 26.7 Å². The normalized spacial score (nSPS) is 14.4. The third kappa shape index (κ3) is 6.01. The molecule has 0 radical (unpaired) electrons. The van der Waals surface area contributed by atoms with Gasteiger partial charge in [-0.1, -0.05) is 0 Å². The van der Waals surface area contributed by atoms with Crippen molar-refractivity contribution in [1.29, 1.82) is 0 Å². The van der Waals surface area contributed by atoms with E-state index in [1.807, 2.05) is 13.8 Å². The molecule has 2 N–H and O–H groups in total. The van der Waals surface area contributed by atoms with Crippen LogP contribution in [-0.2, 0) is 14.4 Å². The summed E-state index contributed by atoms with van der Waals surface area (Å²) in [6.07, 6.45) is 2.01. The van der Waals surface area contributed by atoms with Crippen LogP contribution in [0.4, 0.5) is 0 Å². The van der Waals surface area contributed by atoms with Gasteiger partial charge < -0.3 is 15.3 Å². The van der Waals surface area contributed by atoms with Crippen molar-refractivity contribution in [2.45, 2.75) is 38.8 Å². The quantitative estimate of drug-likeness (QED) is 0.628. The van der Waals surface area contributed by atoms with Crippen LogP contribution in [0.2, 0.25) is 0 Å². The molecule has 114 valence electrons. The van der Waals surface area contributed by atoms with Crippen molar-refractivity contribution in [1.82, 2.24) is 15.1 Å². The number of carbonyl (C=O) groups excluding carboxylic acids is 2. The molecule has 0 atom stereocenters. The van der Waals surface area contributed by atoms with Crippen LogP contribution in [-0.4, -0.2) is 71.5 Å². The highest BCUT2D eigenvalue weighted by atomic mass is 16.4.